The molecule has 0 spiro atoms. The van der Waals surface area contributed by atoms with E-state index in [9.17, 15) is 4.79 Å². The minimum Gasteiger partial charge on any atom is -0.488 e. The quantitative estimate of drug-likeness (QED) is 0.532. The van der Waals surface area contributed by atoms with Crippen LogP contribution in [0.2, 0.25) is 0 Å². The highest BCUT2D eigenvalue weighted by atomic mass is 79.9. The molecule has 1 amide bonds. The molecule has 140 valence electrons. The molecule has 1 aromatic heterocycles. The van der Waals surface area contributed by atoms with Crippen molar-refractivity contribution in [2.45, 2.75) is 26.6 Å². The molecular weight excluding hydrogens is 428 g/mol. The second-order valence-corrected chi connectivity index (χ2v) is 6.99. The Morgan fingerprint density at radius 1 is 1.26 bits per heavy atom. The zero-order valence-electron chi connectivity index (χ0n) is 14.7. The number of benzene rings is 2. The van der Waals surface area contributed by atoms with Crippen molar-refractivity contribution in [2.24, 2.45) is 0 Å². The Kier molecular flexibility index (Phi) is 6.41. The van der Waals surface area contributed by atoms with Crippen molar-refractivity contribution in [3.8, 4) is 5.75 Å². The summed E-state index contributed by atoms with van der Waals surface area (Å²) in [6.45, 7) is 3.30. The summed E-state index contributed by atoms with van der Waals surface area (Å²) in [4.78, 5) is 12.6. The lowest BCUT2D eigenvalue weighted by atomic mass is 10.2. The average molecular weight is 447 g/mol. The van der Waals surface area contributed by atoms with Crippen LogP contribution in [0.5, 0.6) is 5.75 Å². The minimum absolute atomic E-state index is 0.228. The number of para-hydroxylation sites is 1. The van der Waals surface area contributed by atoms with Crippen molar-refractivity contribution in [3.05, 3.63) is 74.7 Å². The van der Waals surface area contributed by atoms with Crippen molar-refractivity contribution in [1.29, 1.82) is 0 Å². The van der Waals surface area contributed by atoms with E-state index in [1.54, 1.807) is 12.1 Å². The van der Waals surface area contributed by atoms with Gasteiger partial charge in [-0.25, -0.2) is 0 Å². The number of amides is 1. The lowest BCUT2D eigenvalue weighted by Gasteiger charge is -2.12. The summed E-state index contributed by atoms with van der Waals surface area (Å²) in [5.74, 6) is 0.983. The summed E-state index contributed by atoms with van der Waals surface area (Å²) in [5.41, 5.74) is 1.48. The molecule has 0 aliphatic carbocycles. The summed E-state index contributed by atoms with van der Waals surface area (Å²) in [7, 11) is 0. The van der Waals surface area contributed by atoms with Crippen LogP contribution in [-0.4, -0.2) is 20.7 Å². The van der Waals surface area contributed by atoms with Gasteiger partial charge < -0.3 is 14.6 Å². The van der Waals surface area contributed by atoms with Crippen LogP contribution < -0.4 is 10.1 Å². The maximum absolute atomic E-state index is 12.6. The van der Waals surface area contributed by atoms with E-state index in [1.165, 1.54) is 0 Å². The van der Waals surface area contributed by atoms with Crippen LogP contribution in [0.15, 0.2) is 53.0 Å². The number of ether oxygens (including phenoxy) is 1. The van der Waals surface area contributed by atoms with Crippen LogP contribution in [0.3, 0.4) is 0 Å². The van der Waals surface area contributed by atoms with E-state index in [4.69, 9.17) is 17.0 Å². The summed E-state index contributed by atoms with van der Waals surface area (Å²) >= 11 is 8.67. The number of carbonyl (C=O) groups excluding carboxylic acids is 1. The molecule has 8 heteroatoms. The molecule has 6 nitrogen and oxygen atoms in total. The maximum atomic E-state index is 12.6. The molecule has 2 aromatic carbocycles. The van der Waals surface area contributed by atoms with Crippen molar-refractivity contribution >= 4 is 34.1 Å². The summed E-state index contributed by atoms with van der Waals surface area (Å²) in [6.07, 6.45) is 0. The molecule has 0 saturated heterocycles. The predicted octanol–water partition coefficient (Wildman–Crippen LogP) is 4.23. The number of hydrogen-bond donors (Lipinski definition) is 2. The third-order valence-corrected chi connectivity index (χ3v) is 5.12. The van der Waals surface area contributed by atoms with Crippen LogP contribution in [0, 0.1) is 4.77 Å². The Labute approximate surface area is 170 Å². The van der Waals surface area contributed by atoms with Gasteiger partial charge in [0.1, 0.15) is 12.4 Å². The first-order valence-electron chi connectivity index (χ1n) is 8.47. The van der Waals surface area contributed by atoms with Crippen LogP contribution in [0.4, 0.5) is 0 Å². The van der Waals surface area contributed by atoms with Crippen molar-refractivity contribution in [2.75, 3.05) is 0 Å². The molecule has 0 atom stereocenters. The Morgan fingerprint density at radius 2 is 2.00 bits per heavy atom. The van der Waals surface area contributed by atoms with Gasteiger partial charge >= 0.3 is 0 Å². The highest BCUT2D eigenvalue weighted by Crippen LogP contribution is 2.22. The Morgan fingerprint density at radius 3 is 2.78 bits per heavy atom. The largest absolute Gasteiger partial charge is 0.488 e. The summed E-state index contributed by atoms with van der Waals surface area (Å²) in [6, 6.07) is 15.0. The Bertz CT molecular complexity index is 999. The molecular formula is C19H19BrN4O2S. The molecule has 27 heavy (non-hydrogen) atoms. The van der Waals surface area contributed by atoms with Gasteiger partial charge in [0.25, 0.3) is 5.91 Å². The number of H-pyrrole nitrogens is 1. The molecule has 2 N–H and O–H groups in total. The SMILES string of the molecule is CCn1c(CNC(=O)c2ccccc2OCc2ccccc2Br)n[nH]c1=S. The fourth-order valence-electron chi connectivity index (χ4n) is 2.62. The third-order valence-electron chi connectivity index (χ3n) is 4.03. The minimum atomic E-state index is -0.228. The smallest absolute Gasteiger partial charge is 0.255 e. The van der Waals surface area contributed by atoms with Crippen LogP contribution in [-0.2, 0) is 19.7 Å². The van der Waals surface area contributed by atoms with E-state index in [-0.39, 0.29) is 12.5 Å². The second kappa shape index (κ2) is 8.96. The van der Waals surface area contributed by atoms with E-state index in [0.29, 0.717) is 35.1 Å². The van der Waals surface area contributed by atoms with Gasteiger partial charge in [-0.15, -0.1) is 0 Å². The van der Waals surface area contributed by atoms with Gasteiger partial charge in [0, 0.05) is 16.6 Å². The molecule has 0 bridgehead atoms. The van der Waals surface area contributed by atoms with E-state index in [1.807, 2.05) is 47.9 Å². The molecule has 0 aliphatic heterocycles. The standard InChI is InChI=1S/C19H19BrN4O2S/c1-2-24-17(22-23-19(24)27)11-21-18(25)14-8-4-6-10-16(14)26-12-13-7-3-5-9-15(13)20/h3-10H,2,11-12H2,1H3,(H,21,25)(H,23,27). The highest BCUT2D eigenvalue weighted by molar-refractivity contribution is 9.10. The topological polar surface area (TPSA) is 71.9 Å². The summed E-state index contributed by atoms with van der Waals surface area (Å²) in [5, 5.41) is 9.77. The first kappa shape index (κ1) is 19.3. The fourth-order valence-corrected chi connectivity index (χ4v) is 3.30. The average Bonchev–Trinajstić information content (AvgIpc) is 3.05. The van der Waals surface area contributed by atoms with Crippen LogP contribution in [0.1, 0.15) is 28.7 Å². The van der Waals surface area contributed by atoms with E-state index < -0.39 is 0 Å². The van der Waals surface area contributed by atoms with Gasteiger partial charge in [-0.1, -0.05) is 46.3 Å². The number of nitrogens with zero attached hydrogens (tertiary/aromatic N) is 2. The fraction of sp³-hybridized carbons (Fsp3) is 0.211. The molecule has 3 rings (SSSR count). The van der Waals surface area contributed by atoms with Gasteiger partial charge in [0.05, 0.1) is 12.1 Å². The van der Waals surface area contributed by atoms with Crippen molar-refractivity contribution in [3.63, 3.8) is 0 Å². The van der Waals surface area contributed by atoms with Gasteiger partial charge in [-0.3, -0.25) is 9.89 Å². The Hall–Kier alpha value is -2.45. The lowest BCUT2D eigenvalue weighted by molar-refractivity contribution is 0.0945. The van der Waals surface area contributed by atoms with E-state index in [2.05, 4.69) is 31.4 Å². The van der Waals surface area contributed by atoms with Gasteiger partial charge in [0.2, 0.25) is 0 Å². The summed E-state index contributed by atoms with van der Waals surface area (Å²) < 4.78 is 9.24. The number of hydrogen-bond acceptors (Lipinski definition) is 4. The molecule has 0 saturated carbocycles. The highest BCUT2D eigenvalue weighted by Gasteiger charge is 2.14. The first-order chi connectivity index (χ1) is 13.1. The number of carbonyl (C=O) groups is 1. The monoisotopic (exact) mass is 446 g/mol. The third kappa shape index (κ3) is 4.64. The maximum Gasteiger partial charge on any atom is 0.255 e. The number of halogens is 1. The second-order valence-electron chi connectivity index (χ2n) is 5.75. The number of aromatic nitrogens is 3. The normalized spacial score (nSPS) is 10.6. The van der Waals surface area contributed by atoms with Crippen molar-refractivity contribution < 1.29 is 9.53 Å². The number of aromatic amines is 1. The van der Waals surface area contributed by atoms with Crippen molar-refractivity contribution in [1.82, 2.24) is 20.1 Å². The van der Waals surface area contributed by atoms with E-state index in [0.717, 1.165) is 10.0 Å². The zero-order valence-corrected chi connectivity index (χ0v) is 17.1. The van der Waals surface area contributed by atoms with Gasteiger partial charge in [0.15, 0.2) is 10.6 Å². The zero-order chi connectivity index (χ0) is 19.2. The molecule has 0 fully saturated rings. The molecule has 3 aromatic rings. The lowest BCUT2D eigenvalue weighted by Crippen LogP contribution is -2.25. The number of nitrogens with one attached hydrogen (secondary N) is 2. The van der Waals surface area contributed by atoms with Crippen LogP contribution in [0.25, 0.3) is 0 Å². The Balaban J connectivity index is 1.70. The predicted molar refractivity (Wildman–Crippen MR) is 109 cm³/mol. The first-order valence-corrected chi connectivity index (χ1v) is 9.67. The van der Waals surface area contributed by atoms with Gasteiger partial charge in [-0.2, -0.15) is 5.10 Å². The molecule has 1 heterocycles. The molecule has 0 unspecified atom stereocenters. The molecule has 0 aliphatic rings. The molecule has 0 radical (unpaired) electrons. The van der Waals surface area contributed by atoms with E-state index >= 15 is 0 Å². The van der Waals surface area contributed by atoms with Crippen LogP contribution >= 0.6 is 28.1 Å². The van der Waals surface area contributed by atoms with Gasteiger partial charge in [-0.05, 0) is 37.3 Å². The number of rotatable bonds is 7.